The Balaban J connectivity index is 0.00000154. The molecule has 0 radical (unpaired) electrons. The molecule has 3 fully saturated rings. The van der Waals surface area contributed by atoms with Crippen molar-refractivity contribution in [1.82, 2.24) is 14.9 Å². The fourth-order valence-electron chi connectivity index (χ4n) is 6.99. The average Bonchev–Trinajstić information content (AvgIpc) is 3.38. The summed E-state index contributed by atoms with van der Waals surface area (Å²) in [5, 5.41) is 3.18. The summed E-state index contributed by atoms with van der Waals surface area (Å²) < 4.78 is 16.4. The summed E-state index contributed by atoms with van der Waals surface area (Å²) in [6.07, 6.45) is 11.6. The fraction of sp³-hybridized carbons (Fsp3) is 0.433. The molecule has 3 aliphatic carbocycles. The van der Waals surface area contributed by atoms with Crippen molar-refractivity contribution >= 4 is 28.4 Å². The molecule has 9 heteroatoms. The number of carbonyl (C=O) groups excluding carboxylic acids is 2. The summed E-state index contributed by atoms with van der Waals surface area (Å²) in [4.78, 5) is 31.7. The SMILES string of the molecule is CS(=O)Nc1ccc(CNC(=O)C23CCCC(C(=O)CC4c5ccccc5-c5cncn54)(CC2)CC3)cc1.O.[HH].[HH]. The van der Waals surface area contributed by atoms with Crippen LogP contribution in [0.1, 0.15) is 71.4 Å². The van der Waals surface area contributed by atoms with E-state index in [1.807, 2.05) is 48.9 Å². The van der Waals surface area contributed by atoms with Crippen LogP contribution < -0.4 is 10.0 Å². The Morgan fingerprint density at radius 1 is 1.03 bits per heavy atom. The number of aromatic nitrogens is 2. The Bertz CT molecular complexity index is 1400. The van der Waals surface area contributed by atoms with Crippen molar-refractivity contribution < 1.29 is 22.1 Å². The van der Waals surface area contributed by atoms with Crippen LogP contribution in [0.15, 0.2) is 61.1 Å². The Morgan fingerprint density at radius 3 is 2.46 bits per heavy atom. The van der Waals surface area contributed by atoms with Crippen LogP contribution in [0.5, 0.6) is 0 Å². The van der Waals surface area contributed by atoms with E-state index in [2.05, 4.69) is 31.7 Å². The van der Waals surface area contributed by atoms with Gasteiger partial charge in [0.15, 0.2) is 0 Å². The van der Waals surface area contributed by atoms with Gasteiger partial charge in [0.25, 0.3) is 0 Å². The van der Waals surface area contributed by atoms with Gasteiger partial charge in [-0.05, 0) is 61.8 Å². The molecule has 1 aliphatic heterocycles. The number of fused-ring (bicyclic) bond motifs is 7. The first-order valence-electron chi connectivity index (χ1n) is 13.5. The van der Waals surface area contributed by atoms with Gasteiger partial charge in [-0.1, -0.05) is 42.8 Å². The van der Waals surface area contributed by atoms with Gasteiger partial charge >= 0.3 is 0 Å². The van der Waals surface area contributed by atoms with Crippen LogP contribution in [-0.4, -0.2) is 37.2 Å². The molecule has 2 aromatic carbocycles. The zero-order chi connectivity index (χ0) is 26.3. The van der Waals surface area contributed by atoms with Crippen LogP contribution in [0.4, 0.5) is 5.69 Å². The summed E-state index contributed by atoms with van der Waals surface area (Å²) in [6, 6.07) is 16.0. The molecule has 3 aromatic rings. The second-order valence-corrected chi connectivity index (χ2v) is 12.4. The summed E-state index contributed by atoms with van der Waals surface area (Å²) >= 11 is 0. The number of hydrogen-bond acceptors (Lipinski definition) is 4. The van der Waals surface area contributed by atoms with Crippen molar-refractivity contribution in [3.05, 3.63) is 72.2 Å². The molecule has 0 spiro atoms. The van der Waals surface area contributed by atoms with Crippen molar-refractivity contribution in [2.24, 2.45) is 10.8 Å². The molecule has 210 valence electrons. The van der Waals surface area contributed by atoms with E-state index < -0.39 is 11.0 Å². The minimum Gasteiger partial charge on any atom is -0.412 e. The molecular weight excluding hydrogens is 512 g/mol. The quantitative estimate of drug-likeness (QED) is 0.415. The molecular formula is C30H40N4O4S. The summed E-state index contributed by atoms with van der Waals surface area (Å²) in [6.45, 7) is 0.467. The van der Waals surface area contributed by atoms with Gasteiger partial charge in [-0.2, -0.15) is 0 Å². The third-order valence-electron chi connectivity index (χ3n) is 9.19. The van der Waals surface area contributed by atoms with Gasteiger partial charge < -0.3 is 20.1 Å². The standard InChI is InChI=1S/C30H34N4O3S.H2O.2H2/c1-38(37)33-22-9-7-21(8-10-22)18-32-28(36)30-12-4-11-29(13-15-30,14-16-30)27(35)17-25-23-5-2-3-6-24(23)26-19-31-20-34(25)26;;;/h2-3,5-10,19-20,25,33H,4,11-18H2,1H3,(H,32,36);1H2;2*1H. The normalized spacial score (nSPS) is 25.5. The smallest absolute Gasteiger partial charge is 0.226 e. The summed E-state index contributed by atoms with van der Waals surface area (Å²) in [7, 11) is -1.12. The lowest BCUT2D eigenvalue weighted by atomic mass is 9.62. The van der Waals surface area contributed by atoms with E-state index in [0.29, 0.717) is 18.7 Å². The van der Waals surface area contributed by atoms with Crippen LogP contribution >= 0.6 is 0 Å². The highest BCUT2D eigenvalue weighted by Crippen LogP contribution is 2.56. The van der Waals surface area contributed by atoms with E-state index >= 15 is 0 Å². The first-order valence-corrected chi connectivity index (χ1v) is 15.1. The number of rotatable bonds is 8. The molecule has 2 bridgehead atoms. The predicted octanol–water partition coefficient (Wildman–Crippen LogP) is 4.83. The molecule has 2 atom stereocenters. The van der Waals surface area contributed by atoms with Gasteiger partial charge in [0.05, 0.1) is 24.3 Å². The molecule has 7 rings (SSSR count). The number of anilines is 1. The molecule has 0 saturated heterocycles. The number of Topliss-reactive ketones (excluding diaryl/α,β-unsaturated/α-hetero) is 1. The molecule has 8 nitrogen and oxygen atoms in total. The number of imidazole rings is 1. The molecule has 1 aromatic heterocycles. The van der Waals surface area contributed by atoms with Crippen LogP contribution in [0.25, 0.3) is 11.3 Å². The van der Waals surface area contributed by atoms with Crippen molar-refractivity contribution in [3.63, 3.8) is 0 Å². The largest absolute Gasteiger partial charge is 0.412 e. The van der Waals surface area contributed by atoms with Crippen LogP contribution in [0.3, 0.4) is 0 Å². The van der Waals surface area contributed by atoms with Gasteiger partial charge in [-0.15, -0.1) is 0 Å². The maximum absolute atomic E-state index is 13.9. The van der Waals surface area contributed by atoms with Gasteiger partial charge in [-0.25, -0.2) is 9.19 Å². The Labute approximate surface area is 234 Å². The van der Waals surface area contributed by atoms with E-state index in [9.17, 15) is 13.8 Å². The van der Waals surface area contributed by atoms with Crippen LogP contribution in [-0.2, 0) is 27.1 Å². The van der Waals surface area contributed by atoms with E-state index in [0.717, 1.165) is 61.9 Å². The lowest BCUT2D eigenvalue weighted by Crippen LogP contribution is -2.45. The third kappa shape index (κ3) is 4.94. The van der Waals surface area contributed by atoms with E-state index in [1.165, 1.54) is 11.1 Å². The second kappa shape index (κ2) is 10.7. The maximum Gasteiger partial charge on any atom is 0.226 e. The number of nitrogens with zero attached hydrogens (tertiary/aromatic N) is 2. The number of ketones is 1. The van der Waals surface area contributed by atoms with Crippen molar-refractivity contribution in [2.45, 2.75) is 64.0 Å². The highest BCUT2D eigenvalue weighted by atomic mass is 32.2. The molecule has 2 heterocycles. The maximum atomic E-state index is 13.9. The van der Waals surface area contributed by atoms with Crippen molar-refractivity contribution in [3.8, 4) is 11.3 Å². The predicted molar refractivity (Wildman–Crippen MR) is 156 cm³/mol. The van der Waals surface area contributed by atoms with E-state index in [4.69, 9.17) is 0 Å². The first kappa shape index (κ1) is 27.3. The average molecular weight is 553 g/mol. The van der Waals surface area contributed by atoms with Crippen molar-refractivity contribution in [1.29, 1.82) is 0 Å². The number of nitrogens with one attached hydrogen (secondary N) is 2. The molecule has 2 unspecified atom stereocenters. The van der Waals surface area contributed by atoms with Gasteiger partial charge in [0.1, 0.15) is 16.8 Å². The van der Waals surface area contributed by atoms with Crippen LogP contribution in [0.2, 0.25) is 0 Å². The highest BCUT2D eigenvalue weighted by molar-refractivity contribution is 7.85. The van der Waals surface area contributed by atoms with Gasteiger partial charge in [-0.3, -0.25) is 9.59 Å². The second-order valence-electron chi connectivity index (χ2n) is 11.3. The Morgan fingerprint density at radius 2 is 1.72 bits per heavy atom. The molecule has 4 N–H and O–H groups in total. The van der Waals surface area contributed by atoms with Gasteiger partial charge in [0, 0.05) is 44.2 Å². The molecule has 39 heavy (non-hydrogen) atoms. The molecule has 1 amide bonds. The minimum atomic E-state index is -1.12. The lowest BCUT2D eigenvalue weighted by molar-refractivity contribution is -0.139. The number of benzene rings is 2. The Hall–Kier alpha value is -3.30. The van der Waals surface area contributed by atoms with E-state index in [-0.39, 0.29) is 31.1 Å². The number of hydrogen-bond donors (Lipinski definition) is 2. The summed E-state index contributed by atoms with van der Waals surface area (Å²) in [5.74, 6) is 0.460. The topological polar surface area (TPSA) is 125 Å². The third-order valence-corrected chi connectivity index (χ3v) is 9.72. The monoisotopic (exact) mass is 552 g/mol. The fourth-order valence-corrected chi connectivity index (χ4v) is 7.46. The van der Waals surface area contributed by atoms with E-state index in [1.54, 1.807) is 6.26 Å². The number of amides is 1. The van der Waals surface area contributed by atoms with Crippen molar-refractivity contribution in [2.75, 3.05) is 11.0 Å². The minimum absolute atomic E-state index is 0. The summed E-state index contributed by atoms with van der Waals surface area (Å²) in [5.41, 5.74) is 4.57. The zero-order valence-corrected chi connectivity index (χ0v) is 23.1. The van der Waals surface area contributed by atoms with Crippen LogP contribution in [0, 0.1) is 10.8 Å². The number of carbonyl (C=O) groups is 2. The van der Waals surface area contributed by atoms with Gasteiger partial charge in [0.2, 0.25) is 5.91 Å². The lowest BCUT2D eigenvalue weighted by Gasteiger charge is -2.41. The molecule has 3 saturated carbocycles. The zero-order valence-electron chi connectivity index (χ0n) is 22.2. The highest BCUT2D eigenvalue weighted by Gasteiger charge is 2.52. The molecule has 4 aliphatic rings. The first-order chi connectivity index (χ1) is 18.4. The Kier molecular flexibility index (Phi) is 7.48.